The first-order chi connectivity index (χ1) is 13.3. The molecular weight excluding hydrogens is 362 g/mol. The molecule has 0 atom stereocenters. The van der Waals surface area contributed by atoms with E-state index < -0.39 is 0 Å². The van der Waals surface area contributed by atoms with Gasteiger partial charge in [0.25, 0.3) is 5.89 Å². The Morgan fingerprint density at radius 2 is 1.78 bits per heavy atom. The minimum atomic E-state index is 0.516. The maximum Gasteiger partial charge on any atom is 0.258 e. The van der Waals surface area contributed by atoms with Crippen LogP contribution in [0.15, 0.2) is 41.1 Å². The summed E-state index contributed by atoms with van der Waals surface area (Å²) in [5, 5.41) is 9.54. The summed E-state index contributed by atoms with van der Waals surface area (Å²) in [5.74, 6) is 1.98. The fourth-order valence-electron chi connectivity index (χ4n) is 3.28. The normalized spacial score (nSPS) is 14.8. The zero-order valence-electron chi connectivity index (χ0n) is 14.8. The van der Waals surface area contributed by atoms with Crippen LogP contribution >= 0.6 is 11.3 Å². The first-order valence-electron chi connectivity index (χ1n) is 8.77. The number of hydrogen-bond donors (Lipinski definition) is 0. The van der Waals surface area contributed by atoms with Crippen molar-refractivity contribution in [2.75, 3.05) is 31.2 Å². The summed E-state index contributed by atoms with van der Waals surface area (Å²) in [6, 6.07) is 9.78. The van der Waals surface area contributed by atoms with Crippen LogP contribution in [0.2, 0.25) is 0 Å². The van der Waals surface area contributed by atoms with Gasteiger partial charge in [-0.2, -0.15) is 0 Å². The second-order valence-corrected chi connectivity index (χ2v) is 7.31. The van der Waals surface area contributed by atoms with Gasteiger partial charge in [-0.1, -0.05) is 18.2 Å². The summed E-state index contributed by atoms with van der Waals surface area (Å²) >= 11 is 1.56. The number of aromatic nitrogens is 4. The Labute approximate surface area is 159 Å². The van der Waals surface area contributed by atoms with Crippen LogP contribution in [0.5, 0.6) is 0 Å². The number of ether oxygens (including phenoxy) is 1. The van der Waals surface area contributed by atoms with Gasteiger partial charge in [0.05, 0.1) is 23.5 Å². The fraction of sp³-hybridized carbons (Fsp3) is 0.263. The van der Waals surface area contributed by atoms with Gasteiger partial charge in [-0.15, -0.1) is 21.5 Å². The van der Waals surface area contributed by atoms with Crippen LogP contribution in [0.25, 0.3) is 32.4 Å². The third-order valence-electron chi connectivity index (χ3n) is 4.66. The van der Waals surface area contributed by atoms with Crippen molar-refractivity contribution in [2.24, 2.45) is 0 Å². The summed E-state index contributed by atoms with van der Waals surface area (Å²) in [6.45, 7) is 5.15. The predicted octanol–water partition coefficient (Wildman–Crippen LogP) is 3.55. The van der Waals surface area contributed by atoms with E-state index in [0.717, 1.165) is 45.1 Å². The number of anilines is 1. The van der Waals surface area contributed by atoms with Gasteiger partial charge in [0.2, 0.25) is 5.89 Å². The van der Waals surface area contributed by atoms with Crippen LogP contribution in [0.3, 0.4) is 0 Å². The van der Waals surface area contributed by atoms with Gasteiger partial charge in [0.15, 0.2) is 0 Å². The van der Waals surface area contributed by atoms with Crippen molar-refractivity contribution >= 4 is 27.4 Å². The molecule has 0 bridgehead atoms. The first-order valence-corrected chi connectivity index (χ1v) is 9.59. The van der Waals surface area contributed by atoms with E-state index >= 15 is 0 Å². The van der Waals surface area contributed by atoms with Crippen LogP contribution in [-0.4, -0.2) is 46.5 Å². The second-order valence-electron chi connectivity index (χ2n) is 6.31. The van der Waals surface area contributed by atoms with Crippen LogP contribution in [0, 0.1) is 6.92 Å². The lowest BCUT2D eigenvalue weighted by molar-refractivity contribution is 0.122. The summed E-state index contributed by atoms with van der Waals surface area (Å²) in [5.41, 5.74) is 1.98. The number of thiophene rings is 1. The van der Waals surface area contributed by atoms with Crippen molar-refractivity contribution in [1.82, 2.24) is 20.2 Å². The SMILES string of the molecule is Cc1c(-c2nnc(-c3ccccc3)o2)sc2ncnc(N3CCOCC3)c12. The molecule has 0 saturated carbocycles. The maximum absolute atomic E-state index is 5.96. The fourth-order valence-corrected chi connectivity index (χ4v) is 4.35. The molecule has 1 aromatic carbocycles. The Balaban J connectivity index is 1.59. The smallest absolute Gasteiger partial charge is 0.258 e. The molecule has 1 aliphatic rings. The molecule has 0 aliphatic carbocycles. The lowest BCUT2D eigenvalue weighted by atomic mass is 10.2. The van der Waals surface area contributed by atoms with Crippen LogP contribution in [-0.2, 0) is 4.74 Å². The molecule has 1 fully saturated rings. The molecule has 7 nitrogen and oxygen atoms in total. The predicted molar refractivity (Wildman–Crippen MR) is 104 cm³/mol. The van der Waals surface area contributed by atoms with E-state index in [0.29, 0.717) is 25.0 Å². The number of nitrogens with zero attached hydrogens (tertiary/aromatic N) is 5. The van der Waals surface area contributed by atoms with E-state index in [2.05, 4.69) is 32.0 Å². The van der Waals surface area contributed by atoms with Crippen molar-refractivity contribution in [3.05, 3.63) is 42.2 Å². The van der Waals surface area contributed by atoms with Gasteiger partial charge >= 0.3 is 0 Å². The molecule has 3 aromatic heterocycles. The minimum Gasteiger partial charge on any atom is -0.415 e. The molecular formula is C19H17N5O2S. The van der Waals surface area contributed by atoms with Crippen LogP contribution in [0.4, 0.5) is 5.82 Å². The van der Waals surface area contributed by atoms with Crippen molar-refractivity contribution in [2.45, 2.75) is 6.92 Å². The number of rotatable bonds is 3. The van der Waals surface area contributed by atoms with E-state index in [-0.39, 0.29) is 0 Å². The van der Waals surface area contributed by atoms with Crippen molar-refractivity contribution in [3.63, 3.8) is 0 Å². The van der Waals surface area contributed by atoms with E-state index in [1.807, 2.05) is 30.3 Å². The molecule has 0 radical (unpaired) electrons. The van der Waals surface area contributed by atoms with E-state index in [4.69, 9.17) is 9.15 Å². The average molecular weight is 379 g/mol. The molecule has 8 heteroatoms. The van der Waals surface area contributed by atoms with Gasteiger partial charge in [0, 0.05) is 18.7 Å². The van der Waals surface area contributed by atoms with Crippen LogP contribution < -0.4 is 4.90 Å². The minimum absolute atomic E-state index is 0.516. The Morgan fingerprint density at radius 3 is 2.59 bits per heavy atom. The molecule has 0 N–H and O–H groups in total. The Kier molecular flexibility index (Phi) is 4.06. The lowest BCUT2D eigenvalue weighted by Crippen LogP contribution is -2.36. The average Bonchev–Trinajstić information content (AvgIpc) is 3.34. The summed E-state index contributed by atoms with van der Waals surface area (Å²) in [4.78, 5) is 13.1. The highest BCUT2D eigenvalue weighted by Gasteiger charge is 2.23. The summed E-state index contributed by atoms with van der Waals surface area (Å²) in [7, 11) is 0. The topological polar surface area (TPSA) is 77.2 Å². The monoisotopic (exact) mass is 379 g/mol. The van der Waals surface area contributed by atoms with E-state index in [9.17, 15) is 0 Å². The first kappa shape index (κ1) is 16.3. The third kappa shape index (κ3) is 2.87. The number of fused-ring (bicyclic) bond motifs is 1. The highest BCUT2D eigenvalue weighted by atomic mass is 32.1. The lowest BCUT2D eigenvalue weighted by Gasteiger charge is -2.28. The molecule has 0 amide bonds. The Bertz CT molecular complexity index is 1090. The van der Waals surface area contributed by atoms with Crippen molar-refractivity contribution in [1.29, 1.82) is 0 Å². The standard InChI is InChI=1S/C19H17N5O2S/c1-12-14-16(24-7-9-25-10-8-24)20-11-21-19(14)27-15(12)18-23-22-17(26-18)13-5-3-2-4-6-13/h2-6,11H,7-10H2,1H3. The highest BCUT2D eigenvalue weighted by Crippen LogP contribution is 2.40. The summed E-state index contributed by atoms with van der Waals surface area (Å²) in [6.07, 6.45) is 1.62. The van der Waals surface area contributed by atoms with Crippen molar-refractivity contribution in [3.8, 4) is 22.2 Å². The van der Waals surface area contributed by atoms with Gasteiger partial charge in [-0.3, -0.25) is 0 Å². The maximum atomic E-state index is 5.96. The number of hydrogen-bond acceptors (Lipinski definition) is 8. The number of benzene rings is 1. The molecule has 4 heterocycles. The molecule has 0 unspecified atom stereocenters. The molecule has 4 aromatic rings. The highest BCUT2D eigenvalue weighted by molar-refractivity contribution is 7.22. The second kappa shape index (κ2) is 6.71. The quantitative estimate of drug-likeness (QED) is 0.539. The summed E-state index contributed by atoms with van der Waals surface area (Å²) < 4.78 is 11.4. The third-order valence-corrected chi connectivity index (χ3v) is 5.85. The van der Waals surface area contributed by atoms with E-state index in [1.54, 1.807) is 17.7 Å². The molecule has 1 saturated heterocycles. The number of morpholine rings is 1. The molecule has 5 rings (SSSR count). The molecule has 136 valence electrons. The van der Waals surface area contributed by atoms with Crippen LogP contribution in [0.1, 0.15) is 5.56 Å². The molecule has 0 spiro atoms. The van der Waals surface area contributed by atoms with E-state index in [1.165, 1.54) is 0 Å². The Morgan fingerprint density at radius 1 is 1.00 bits per heavy atom. The van der Waals surface area contributed by atoms with Gasteiger partial charge in [-0.25, -0.2) is 9.97 Å². The Hall–Kier alpha value is -2.84. The van der Waals surface area contributed by atoms with Gasteiger partial charge in [0.1, 0.15) is 17.0 Å². The zero-order chi connectivity index (χ0) is 18.2. The molecule has 27 heavy (non-hydrogen) atoms. The van der Waals surface area contributed by atoms with Crippen molar-refractivity contribution < 1.29 is 9.15 Å². The van der Waals surface area contributed by atoms with Gasteiger partial charge in [-0.05, 0) is 24.6 Å². The largest absolute Gasteiger partial charge is 0.415 e. The van der Waals surface area contributed by atoms with Gasteiger partial charge < -0.3 is 14.1 Å². The zero-order valence-corrected chi connectivity index (χ0v) is 15.6. The number of aryl methyl sites for hydroxylation is 1. The molecule has 1 aliphatic heterocycles.